The van der Waals surface area contributed by atoms with Gasteiger partial charge in [0.1, 0.15) is 12.7 Å². The number of aliphatic hydroxyl groups is 1. The van der Waals surface area contributed by atoms with Crippen molar-refractivity contribution in [3.8, 4) is 11.5 Å². The Bertz CT molecular complexity index is 1390. The number of likely N-dealkylation sites (tertiary alicyclic amines) is 1. The fourth-order valence-corrected chi connectivity index (χ4v) is 9.59. The molecule has 7 rings (SSSR count). The minimum atomic E-state index is -3.61. The Morgan fingerprint density at radius 2 is 1.95 bits per heavy atom. The van der Waals surface area contributed by atoms with E-state index in [-0.39, 0.29) is 23.3 Å². The van der Waals surface area contributed by atoms with Crippen LogP contribution in [0.15, 0.2) is 42.5 Å². The Morgan fingerprint density at radius 3 is 2.69 bits per heavy atom. The zero-order valence-electron chi connectivity index (χ0n) is 22.3. The van der Waals surface area contributed by atoms with Crippen LogP contribution in [0.1, 0.15) is 48.8 Å². The predicted molar refractivity (Wildman–Crippen MR) is 145 cm³/mol. The highest BCUT2D eigenvalue weighted by Crippen LogP contribution is 2.64. The summed E-state index contributed by atoms with van der Waals surface area (Å²) in [4.78, 5) is 14.8. The summed E-state index contributed by atoms with van der Waals surface area (Å²) in [5, 5.41) is 9.34. The molecule has 5 aliphatic rings. The van der Waals surface area contributed by atoms with Crippen molar-refractivity contribution >= 4 is 16.0 Å². The summed E-state index contributed by atoms with van der Waals surface area (Å²) in [6, 6.07) is 13.2. The van der Waals surface area contributed by atoms with Crippen LogP contribution in [0.4, 0.5) is 0 Å². The number of nitrogens with zero attached hydrogens (tertiary/aromatic N) is 2. The van der Waals surface area contributed by atoms with Crippen molar-refractivity contribution < 1.29 is 27.8 Å². The molecule has 2 heterocycles. The number of carbonyl (C=O) groups is 1. The van der Waals surface area contributed by atoms with Gasteiger partial charge in [-0.2, -0.15) is 4.31 Å². The molecule has 0 aromatic heterocycles. The molecule has 208 valence electrons. The van der Waals surface area contributed by atoms with Crippen LogP contribution < -0.4 is 9.47 Å². The van der Waals surface area contributed by atoms with Crippen molar-refractivity contribution in [2.45, 2.75) is 67.9 Å². The summed E-state index contributed by atoms with van der Waals surface area (Å²) >= 11 is 0. The molecule has 0 amide bonds. The molecule has 1 spiro atoms. The Hall–Kier alpha value is -2.46. The third-order valence-corrected chi connectivity index (χ3v) is 11.9. The van der Waals surface area contributed by atoms with Crippen molar-refractivity contribution in [3.63, 3.8) is 0 Å². The molecule has 2 bridgehead atoms. The van der Waals surface area contributed by atoms with Crippen LogP contribution in [0, 0.1) is 11.8 Å². The first-order chi connectivity index (χ1) is 18.8. The summed E-state index contributed by atoms with van der Waals surface area (Å²) in [7, 11) is -1.91. The molecule has 3 aliphatic carbocycles. The number of hydrogen-bond donors (Lipinski definition) is 1. The lowest BCUT2D eigenvalue weighted by Crippen LogP contribution is -2.69. The maximum absolute atomic E-state index is 13.7. The van der Waals surface area contributed by atoms with Crippen molar-refractivity contribution in [2.75, 3.05) is 26.7 Å². The Kier molecular flexibility index (Phi) is 6.08. The molecule has 39 heavy (non-hydrogen) atoms. The molecule has 2 saturated carbocycles. The number of sulfonamides is 1. The van der Waals surface area contributed by atoms with Crippen LogP contribution in [0.5, 0.6) is 11.5 Å². The average molecular weight is 553 g/mol. The summed E-state index contributed by atoms with van der Waals surface area (Å²) in [6.45, 7) is 1.39. The van der Waals surface area contributed by atoms with Crippen molar-refractivity contribution in [2.24, 2.45) is 11.8 Å². The number of likely N-dealkylation sites (N-methyl/N-ethyl adjacent to an activating group) is 1. The zero-order valence-corrected chi connectivity index (χ0v) is 23.1. The number of benzene rings is 2. The SMILES string of the molecule is CN(C1CC[C@H]2[C@H]3Cc4ccc(OC(=O)CO)c5c4[C@@]2(CCN3CC2CC2)C1O5)S(=O)(=O)Cc1ccccc1. The predicted octanol–water partition coefficient (Wildman–Crippen LogP) is 2.86. The second kappa shape index (κ2) is 9.29. The van der Waals surface area contributed by atoms with Gasteiger partial charge >= 0.3 is 5.97 Å². The number of ether oxygens (including phenoxy) is 2. The number of piperidine rings is 1. The average Bonchev–Trinajstić information content (AvgIpc) is 3.68. The van der Waals surface area contributed by atoms with Gasteiger partial charge in [0.25, 0.3) is 0 Å². The first-order valence-electron chi connectivity index (χ1n) is 14.2. The van der Waals surface area contributed by atoms with Gasteiger partial charge in [0, 0.05) is 30.6 Å². The molecule has 2 aromatic rings. The fourth-order valence-electron chi connectivity index (χ4n) is 8.15. The lowest BCUT2D eigenvalue weighted by Gasteiger charge is -2.60. The van der Waals surface area contributed by atoms with E-state index < -0.39 is 22.6 Å². The van der Waals surface area contributed by atoms with Crippen LogP contribution >= 0.6 is 0 Å². The van der Waals surface area contributed by atoms with Gasteiger partial charge in [-0.3, -0.25) is 4.90 Å². The number of esters is 1. The second-order valence-electron chi connectivity index (χ2n) is 12.1. The van der Waals surface area contributed by atoms with Gasteiger partial charge in [0.2, 0.25) is 10.0 Å². The molecular weight excluding hydrogens is 516 g/mol. The highest BCUT2D eigenvalue weighted by atomic mass is 32.2. The van der Waals surface area contributed by atoms with Crippen molar-refractivity contribution in [3.05, 3.63) is 59.2 Å². The van der Waals surface area contributed by atoms with Gasteiger partial charge in [-0.15, -0.1) is 0 Å². The molecule has 5 atom stereocenters. The van der Waals surface area contributed by atoms with Gasteiger partial charge in [0.05, 0.1) is 11.8 Å². The molecule has 2 unspecified atom stereocenters. The van der Waals surface area contributed by atoms with Crippen LogP contribution in [0.25, 0.3) is 0 Å². The minimum absolute atomic E-state index is 0.0562. The van der Waals surface area contributed by atoms with E-state index in [1.807, 2.05) is 30.3 Å². The van der Waals surface area contributed by atoms with E-state index in [1.165, 1.54) is 18.4 Å². The number of rotatable bonds is 8. The van der Waals surface area contributed by atoms with Gasteiger partial charge in [-0.05, 0) is 74.1 Å². The lowest BCUT2D eigenvalue weighted by molar-refractivity contribution is -0.137. The maximum atomic E-state index is 13.7. The molecule has 2 aromatic carbocycles. The standard InChI is InChI=1S/C30H36N2O6S/c1-31(39(35,36)18-20-5-3-2-4-6-20)23-11-10-22-24-15-21-9-12-25(37-26(34)17-33)28-27(21)30(22,29(23)38-28)13-14-32(24)16-19-7-8-19/h2-6,9,12,19,22-24,29,33H,7-8,10-11,13-18H2,1H3/t22-,23?,24+,29?,30-/m0/s1. The minimum Gasteiger partial charge on any atom is -0.484 e. The second-order valence-corrected chi connectivity index (χ2v) is 14.1. The quantitative estimate of drug-likeness (QED) is 0.397. The highest BCUT2D eigenvalue weighted by Gasteiger charge is 2.67. The van der Waals surface area contributed by atoms with E-state index in [0.29, 0.717) is 23.5 Å². The fraction of sp³-hybridized carbons (Fsp3) is 0.567. The van der Waals surface area contributed by atoms with E-state index in [4.69, 9.17) is 9.47 Å². The molecule has 1 N–H and O–H groups in total. The van der Waals surface area contributed by atoms with E-state index >= 15 is 0 Å². The molecule has 8 nitrogen and oxygen atoms in total. The molecule has 2 aliphatic heterocycles. The van der Waals surface area contributed by atoms with Gasteiger partial charge in [0.15, 0.2) is 11.5 Å². The summed E-state index contributed by atoms with van der Waals surface area (Å²) in [5.74, 6) is 1.26. The molecule has 3 fully saturated rings. The van der Waals surface area contributed by atoms with Crippen LogP contribution in [-0.2, 0) is 32.4 Å². The van der Waals surface area contributed by atoms with Crippen molar-refractivity contribution in [1.82, 2.24) is 9.21 Å². The van der Waals surface area contributed by atoms with E-state index in [9.17, 15) is 18.3 Å². The monoisotopic (exact) mass is 552 g/mol. The normalized spacial score (nSPS) is 31.1. The van der Waals surface area contributed by atoms with Gasteiger partial charge in [-0.1, -0.05) is 36.4 Å². The van der Waals surface area contributed by atoms with Crippen molar-refractivity contribution in [1.29, 1.82) is 0 Å². The number of hydrogen-bond acceptors (Lipinski definition) is 7. The molecular formula is C30H36N2O6S. The third-order valence-electron chi connectivity index (χ3n) is 10.0. The third kappa shape index (κ3) is 4.04. The largest absolute Gasteiger partial charge is 0.484 e. The zero-order chi connectivity index (χ0) is 26.9. The van der Waals surface area contributed by atoms with E-state index in [0.717, 1.165) is 55.8 Å². The summed E-state index contributed by atoms with van der Waals surface area (Å²) in [6.07, 6.45) is 5.75. The number of carbonyl (C=O) groups excluding carboxylic acids is 1. The van der Waals surface area contributed by atoms with Crippen LogP contribution in [0.2, 0.25) is 0 Å². The summed E-state index contributed by atoms with van der Waals surface area (Å²) in [5.41, 5.74) is 2.77. The van der Waals surface area contributed by atoms with Crippen LogP contribution in [-0.4, -0.2) is 73.6 Å². The van der Waals surface area contributed by atoms with E-state index in [1.54, 1.807) is 17.4 Å². The highest BCUT2D eigenvalue weighted by molar-refractivity contribution is 7.88. The lowest BCUT2D eigenvalue weighted by atomic mass is 9.51. The van der Waals surface area contributed by atoms with Gasteiger partial charge in [-0.25, -0.2) is 13.2 Å². The topological polar surface area (TPSA) is 96.4 Å². The molecule has 9 heteroatoms. The summed E-state index contributed by atoms with van der Waals surface area (Å²) < 4.78 is 41.2. The Labute approximate surface area is 229 Å². The van der Waals surface area contributed by atoms with Gasteiger partial charge < -0.3 is 14.6 Å². The number of aliphatic hydroxyl groups excluding tert-OH is 1. The molecule has 1 saturated heterocycles. The van der Waals surface area contributed by atoms with Crippen LogP contribution in [0.3, 0.4) is 0 Å². The van der Waals surface area contributed by atoms with E-state index in [2.05, 4.69) is 11.0 Å². The smallest absolute Gasteiger partial charge is 0.337 e. The molecule has 0 radical (unpaired) electrons. The first-order valence-corrected chi connectivity index (χ1v) is 15.8. The Morgan fingerprint density at radius 1 is 1.15 bits per heavy atom. The first kappa shape index (κ1) is 25.5. The Balaban J connectivity index is 1.28. The maximum Gasteiger partial charge on any atom is 0.337 e.